The van der Waals surface area contributed by atoms with Crippen LogP contribution in [0.4, 0.5) is 0 Å². The topological polar surface area (TPSA) is 67.4 Å². The van der Waals surface area contributed by atoms with Crippen molar-refractivity contribution in [1.29, 1.82) is 0 Å². The molecule has 0 saturated carbocycles. The number of rotatable bonds is 6. The highest BCUT2D eigenvalue weighted by molar-refractivity contribution is 5.86. The molecule has 0 aromatic heterocycles. The highest BCUT2D eigenvalue weighted by atomic mass is 16.5. The van der Waals surface area contributed by atoms with Gasteiger partial charge in [-0.25, -0.2) is 0 Å². The Kier molecular flexibility index (Phi) is 6.40. The van der Waals surface area contributed by atoms with E-state index in [9.17, 15) is 9.59 Å². The fraction of sp³-hybridized carbons (Fsp3) is 0.529. The summed E-state index contributed by atoms with van der Waals surface area (Å²) in [7, 11) is 0. The first-order chi connectivity index (χ1) is 10.2. The van der Waals surface area contributed by atoms with Crippen LogP contribution >= 0.6 is 0 Å². The summed E-state index contributed by atoms with van der Waals surface area (Å²) in [6, 6.07) is 7.43. The van der Waals surface area contributed by atoms with Crippen LogP contribution in [0.3, 0.4) is 0 Å². The normalized spacial score (nSPS) is 11.2. The Labute approximate surface area is 132 Å². The van der Waals surface area contributed by atoms with Gasteiger partial charge in [-0.05, 0) is 40.7 Å². The van der Waals surface area contributed by atoms with Gasteiger partial charge in [0.1, 0.15) is 5.75 Å². The molecule has 1 rings (SSSR count). The molecule has 2 amide bonds. The van der Waals surface area contributed by atoms with E-state index in [1.807, 2.05) is 58.9 Å². The summed E-state index contributed by atoms with van der Waals surface area (Å²) >= 11 is 0. The summed E-state index contributed by atoms with van der Waals surface area (Å²) in [4.78, 5) is 23.7. The van der Waals surface area contributed by atoms with Gasteiger partial charge in [-0.1, -0.05) is 18.2 Å². The van der Waals surface area contributed by atoms with Crippen molar-refractivity contribution in [1.82, 2.24) is 10.6 Å². The van der Waals surface area contributed by atoms with E-state index in [0.717, 1.165) is 5.56 Å². The first-order valence-electron chi connectivity index (χ1n) is 7.49. The maximum absolute atomic E-state index is 12.0. The molecule has 0 heterocycles. The maximum Gasteiger partial charge on any atom is 0.239 e. The van der Waals surface area contributed by atoms with E-state index < -0.39 is 0 Å². The van der Waals surface area contributed by atoms with Gasteiger partial charge in [0.05, 0.1) is 19.1 Å². The molecule has 2 N–H and O–H groups in total. The molecule has 0 atom stereocenters. The largest absolute Gasteiger partial charge is 0.491 e. The van der Waals surface area contributed by atoms with Gasteiger partial charge in [0.15, 0.2) is 0 Å². The Morgan fingerprint density at radius 1 is 1.14 bits per heavy atom. The molecule has 0 fully saturated rings. The van der Waals surface area contributed by atoms with E-state index in [0.29, 0.717) is 5.75 Å². The minimum atomic E-state index is -0.306. The van der Waals surface area contributed by atoms with Gasteiger partial charge in [-0.3, -0.25) is 9.59 Å². The van der Waals surface area contributed by atoms with Crippen LogP contribution in [-0.2, 0) is 16.0 Å². The van der Waals surface area contributed by atoms with Gasteiger partial charge in [0, 0.05) is 11.1 Å². The summed E-state index contributed by atoms with van der Waals surface area (Å²) in [6.07, 6.45) is 0.230. The lowest BCUT2D eigenvalue weighted by molar-refractivity contribution is -0.126. The zero-order valence-corrected chi connectivity index (χ0v) is 14.0. The molecular weight excluding hydrogens is 280 g/mol. The van der Waals surface area contributed by atoms with Gasteiger partial charge in [0.25, 0.3) is 0 Å². The highest BCUT2D eigenvalue weighted by Gasteiger charge is 2.15. The molecule has 0 bridgehead atoms. The van der Waals surface area contributed by atoms with Crippen molar-refractivity contribution in [3.05, 3.63) is 29.8 Å². The van der Waals surface area contributed by atoms with Crippen molar-refractivity contribution in [2.24, 2.45) is 0 Å². The average Bonchev–Trinajstić information content (AvgIpc) is 2.36. The Bertz CT molecular complexity index is 519. The van der Waals surface area contributed by atoms with Crippen LogP contribution in [0.2, 0.25) is 0 Å². The minimum Gasteiger partial charge on any atom is -0.491 e. The fourth-order valence-corrected chi connectivity index (χ4v) is 1.90. The molecule has 0 saturated heterocycles. The minimum absolute atomic E-state index is 0.0245. The number of benzene rings is 1. The Balaban J connectivity index is 2.54. The molecule has 5 heteroatoms. The van der Waals surface area contributed by atoms with Gasteiger partial charge in [-0.2, -0.15) is 0 Å². The second-order valence-electron chi connectivity index (χ2n) is 6.53. The third kappa shape index (κ3) is 7.11. The standard InChI is InChI=1S/C17H26N2O3/c1-12(2)22-14-9-7-6-8-13(14)10-15(20)18-11-16(21)19-17(3,4)5/h6-9,12H,10-11H2,1-5H3,(H,18,20)(H,19,21). The van der Waals surface area contributed by atoms with Crippen molar-refractivity contribution >= 4 is 11.8 Å². The van der Waals surface area contributed by atoms with E-state index >= 15 is 0 Å². The molecule has 0 aliphatic heterocycles. The van der Waals surface area contributed by atoms with Crippen molar-refractivity contribution in [2.75, 3.05) is 6.54 Å². The van der Waals surface area contributed by atoms with Crippen molar-refractivity contribution in [3.8, 4) is 5.75 Å². The smallest absolute Gasteiger partial charge is 0.239 e. The molecule has 0 radical (unpaired) electrons. The van der Waals surface area contributed by atoms with Crippen molar-refractivity contribution < 1.29 is 14.3 Å². The summed E-state index contributed by atoms with van der Waals surface area (Å²) in [5.74, 6) is 0.295. The van der Waals surface area contributed by atoms with E-state index in [2.05, 4.69) is 10.6 Å². The Morgan fingerprint density at radius 2 is 1.77 bits per heavy atom. The number of carbonyl (C=O) groups is 2. The summed E-state index contributed by atoms with van der Waals surface area (Å²) < 4.78 is 5.68. The van der Waals surface area contributed by atoms with E-state index in [1.165, 1.54) is 0 Å². The average molecular weight is 306 g/mol. The first-order valence-corrected chi connectivity index (χ1v) is 7.49. The molecule has 1 aromatic carbocycles. The monoisotopic (exact) mass is 306 g/mol. The number of nitrogens with one attached hydrogen (secondary N) is 2. The number of carbonyl (C=O) groups excluding carboxylic acids is 2. The van der Waals surface area contributed by atoms with Gasteiger partial charge in [-0.15, -0.1) is 0 Å². The molecule has 0 unspecified atom stereocenters. The third-order valence-electron chi connectivity index (χ3n) is 2.65. The van der Waals surface area contributed by atoms with Crippen LogP contribution in [0, 0.1) is 0 Å². The number of ether oxygens (including phenoxy) is 1. The van der Waals surface area contributed by atoms with Crippen LogP contribution in [0.25, 0.3) is 0 Å². The van der Waals surface area contributed by atoms with Gasteiger partial charge >= 0.3 is 0 Å². The lowest BCUT2D eigenvalue weighted by atomic mass is 10.1. The SMILES string of the molecule is CC(C)Oc1ccccc1CC(=O)NCC(=O)NC(C)(C)C. The molecule has 5 nitrogen and oxygen atoms in total. The molecule has 22 heavy (non-hydrogen) atoms. The van der Waals surface area contributed by atoms with Crippen LogP contribution in [0.15, 0.2) is 24.3 Å². The summed E-state index contributed by atoms with van der Waals surface area (Å²) in [5.41, 5.74) is 0.504. The van der Waals surface area contributed by atoms with Crippen LogP contribution < -0.4 is 15.4 Å². The predicted molar refractivity (Wildman–Crippen MR) is 86.8 cm³/mol. The van der Waals surface area contributed by atoms with E-state index in [4.69, 9.17) is 4.74 Å². The van der Waals surface area contributed by atoms with Crippen LogP contribution in [-0.4, -0.2) is 30.0 Å². The number of hydrogen-bond acceptors (Lipinski definition) is 3. The molecule has 0 aliphatic rings. The lowest BCUT2D eigenvalue weighted by Gasteiger charge is -2.20. The Hall–Kier alpha value is -2.04. The fourth-order valence-electron chi connectivity index (χ4n) is 1.90. The lowest BCUT2D eigenvalue weighted by Crippen LogP contribution is -2.46. The summed E-state index contributed by atoms with van der Waals surface area (Å²) in [5, 5.41) is 5.43. The third-order valence-corrected chi connectivity index (χ3v) is 2.65. The molecule has 1 aromatic rings. The number of hydrogen-bond donors (Lipinski definition) is 2. The van der Waals surface area contributed by atoms with Gasteiger partial charge < -0.3 is 15.4 Å². The molecule has 0 spiro atoms. The molecule has 0 aliphatic carbocycles. The zero-order chi connectivity index (χ0) is 16.8. The predicted octanol–water partition coefficient (Wildman–Crippen LogP) is 2.05. The van der Waals surface area contributed by atoms with E-state index in [-0.39, 0.29) is 36.4 Å². The molecular formula is C17H26N2O3. The van der Waals surface area contributed by atoms with E-state index in [1.54, 1.807) is 0 Å². The summed E-state index contributed by atoms with van der Waals surface area (Å²) in [6.45, 7) is 9.54. The van der Waals surface area contributed by atoms with Crippen LogP contribution in [0.5, 0.6) is 5.75 Å². The quantitative estimate of drug-likeness (QED) is 0.845. The molecule has 122 valence electrons. The zero-order valence-electron chi connectivity index (χ0n) is 14.0. The Morgan fingerprint density at radius 3 is 2.36 bits per heavy atom. The number of para-hydroxylation sites is 1. The van der Waals surface area contributed by atoms with Crippen molar-refractivity contribution in [2.45, 2.75) is 52.7 Å². The second-order valence-corrected chi connectivity index (χ2v) is 6.53. The van der Waals surface area contributed by atoms with Crippen LogP contribution in [0.1, 0.15) is 40.2 Å². The number of amides is 2. The van der Waals surface area contributed by atoms with Gasteiger partial charge in [0.2, 0.25) is 11.8 Å². The second kappa shape index (κ2) is 7.82. The maximum atomic E-state index is 12.0. The van der Waals surface area contributed by atoms with Crippen molar-refractivity contribution in [3.63, 3.8) is 0 Å². The first kappa shape index (κ1) is 18.0. The highest BCUT2D eigenvalue weighted by Crippen LogP contribution is 2.19.